The standard InChI is InChI=1S/C19H28BrNO3/c1-4-14-8-7-9-21(13-14)19(22)11-15-10-17(23-5-2)18(24-6-3)12-16(15)20/h10,12,14H,4-9,11,13H2,1-3H3. The number of hydrogen-bond donors (Lipinski definition) is 0. The molecule has 1 fully saturated rings. The summed E-state index contributed by atoms with van der Waals surface area (Å²) in [6, 6.07) is 3.83. The first-order valence-corrected chi connectivity index (χ1v) is 9.74. The first kappa shape index (κ1) is 19.1. The third-order valence-corrected chi connectivity index (χ3v) is 5.24. The number of rotatable bonds is 7. The number of nitrogens with zero attached hydrogens (tertiary/aromatic N) is 1. The Labute approximate surface area is 153 Å². The van der Waals surface area contributed by atoms with Gasteiger partial charge in [0, 0.05) is 17.6 Å². The lowest BCUT2D eigenvalue weighted by molar-refractivity contribution is -0.132. The minimum absolute atomic E-state index is 0.195. The Morgan fingerprint density at radius 3 is 2.50 bits per heavy atom. The topological polar surface area (TPSA) is 38.8 Å². The molecule has 0 aliphatic carbocycles. The molecule has 0 saturated carbocycles. The van der Waals surface area contributed by atoms with Gasteiger partial charge in [0.15, 0.2) is 11.5 Å². The Kier molecular flexibility index (Phi) is 7.40. The molecule has 1 aliphatic rings. The summed E-state index contributed by atoms with van der Waals surface area (Å²) in [7, 11) is 0. The van der Waals surface area contributed by atoms with E-state index < -0.39 is 0 Å². The number of piperidine rings is 1. The Balaban J connectivity index is 2.13. The second-order valence-electron chi connectivity index (χ2n) is 6.19. The van der Waals surface area contributed by atoms with E-state index in [4.69, 9.17) is 9.47 Å². The van der Waals surface area contributed by atoms with E-state index in [1.54, 1.807) is 0 Å². The SMILES string of the molecule is CCOc1cc(Br)c(CC(=O)N2CCCC(CC)C2)cc1OCC. The largest absolute Gasteiger partial charge is 0.490 e. The summed E-state index contributed by atoms with van der Waals surface area (Å²) < 4.78 is 12.2. The summed E-state index contributed by atoms with van der Waals surface area (Å²) in [6.45, 7) is 9.01. The quantitative estimate of drug-likeness (QED) is 0.682. The molecule has 2 rings (SSSR count). The van der Waals surface area contributed by atoms with Crippen LogP contribution in [-0.4, -0.2) is 37.1 Å². The molecule has 4 nitrogen and oxygen atoms in total. The van der Waals surface area contributed by atoms with Gasteiger partial charge in [0.05, 0.1) is 19.6 Å². The van der Waals surface area contributed by atoms with Crippen molar-refractivity contribution in [2.24, 2.45) is 5.92 Å². The fourth-order valence-corrected chi connectivity index (χ4v) is 3.61. The van der Waals surface area contributed by atoms with Crippen molar-refractivity contribution in [3.8, 4) is 11.5 Å². The zero-order chi connectivity index (χ0) is 17.5. The maximum absolute atomic E-state index is 12.7. The normalized spacial score (nSPS) is 17.7. The molecule has 1 atom stereocenters. The third-order valence-electron chi connectivity index (χ3n) is 4.50. The van der Waals surface area contributed by atoms with Crippen LogP contribution in [0.5, 0.6) is 11.5 Å². The van der Waals surface area contributed by atoms with Crippen molar-refractivity contribution >= 4 is 21.8 Å². The highest BCUT2D eigenvalue weighted by atomic mass is 79.9. The van der Waals surface area contributed by atoms with E-state index in [9.17, 15) is 4.79 Å². The van der Waals surface area contributed by atoms with Gasteiger partial charge in [-0.05, 0) is 50.3 Å². The van der Waals surface area contributed by atoms with E-state index in [-0.39, 0.29) is 5.91 Å². The fraction of sp³-hybridized carbons (Fsp3) is 0.632. The molecule has 1 unspecified atom stereocenters. The second-order valence-corrected chi connectivity index (χ2v) is 7.04. The maximum Gasteiger partial charge on any atom is 0.227 e. The molecule has 1 amide bonds. The van der Waals surface area contributed by atoms with Crippen LogP contribution >= 0.6 is 15.9 Å². The van der Waals surface area contributed by atoms with Crippen molar-refractivity contribution in [2.45, 2.75) is 46.5 Å². The number of amides is 1. The summed E-state index contributed by atoms with van der Waals surface area (Å²) in [5.41, 5.74) is 0.950. The lowest BCUT2D eigenvalue weighted by atomic mass is 9.95. The highest BCUT2D eigenvalue weighted by Gasteiger charge is 2.23. The average Bonchev–Trinajstić information content (AvgIpc) is 2.59. The van der Waals surface area contributed by atoms with Crippen molar-refractivity contribution in [2.75, 3.05) is 26.3 Å². The predicted octanol–water partition coefficient (Wildman–Crippen LogP) is 4.44. The van der Waals surface area contributed by atoms with Gasteiger partial charge in [-0.2, -0.15) is 0 Å². The molecular formula is C19H28BrNO3. The van der Waals surface area contributed by atoms with Crippen molar-refractivity contribution in [3.63, 3.8) is 0 Å². The lowest BCUT2D eigenvalue weighted by Crippen LogP contribution is -2.40. The monoisotopic (exact) mass is 397 g/mol. The Morgan fingerprint density at radius 1 is 1.21 bits per heavy atom. The maximum atomic E-state index is 12.7. The molecule has 0 spiro atoms. The molecule has 0 N–H and O–H groups in total. The van der Waals surface area contributed by atoms with E-state index in [2.05, 4.69) is 22.9 Å². The molecule has 0 radical (unpaired) electrons. The average molecular weight is 398 g/mol. The highest BCUT2D eigenvalue weighted by Crippen LogP contribution is 2.34. The molecule has 1 aliphatic heterocycles. The highest BCUT2D eigenvalue weighted by molar-refractivity contribution is 9.10. The number of likely N-dealkylation sites (tertiary alicyclic amines) is 1. The van der Waals surface area contributed by atoms with Crippen molar-refractivity contribution in [1.82, 2.24) is 4.90 Å². The first-order chi connectivity index (χ1) is 11.6. The van der Waals surface area contributed by atoms with Gasteiger partial charge < -0.3 is 14.4 Å². The number of carbonyl (C=O) groups excluding carboxylic acids is 1. The Bertz CT molecular complexity index is 562. The summed E-state index contributed by atoms with van der Waals surface area (Å²) in [6.07, 6.45) is 3.88. The summed E-state index contributed by atoms with van der Waals surface area (Å²) in [4.78, 5) is 14.7. The van der Waals surface area contributed by atoms with Gasteiger partial charge in [-0.25, -0.2) is 0 Å². The van der Waals surface area contributed by atoms with Gasteiger partial charge in [0.1, 0.15) is 0 Å². The van der Waals surface area contributed by atoms with E-state index >= 15 is 0 Å². The molecular weight excluding hydrogens is 370 g/mol. The van der Waals surface area contributed by atoms with E-state index in [1.807, 2.05) is 30.9 Å². The van der Waals surface area contributed by atoms with Crippen LogP contribution in [0.2, 0.25) is 0 Å². The second kappa shape index (κ2) is 9.30. The lowest BCUT2D eigenvalue weighted by Gasteiger charge is -2.32. The molecule has 1 aromatic carbocycles. The van der Waals surface area contributed by atoms with Crippen molar-refractivity contribution in [3.05, 3.63) is 22.2 Å². The van der Waals surface area contributed by atoms with Crippen LogP contribution in [0, 0.1) is 5.92 Å². The van der Waals surface area contributed by atoms with E-state index in [0.717, 1.165) is 36.0 Å². The third kappa shape index (κ3) is 4.88. The van der Waals surface area contributed by atoms with Crippen LogP contribution in [0.4, 0.5) is 0 Å². The zero-order valence-electron chi connectivity index (χ0n) is 14.9. The van der Waals surface area contributed by atoms with Crippen LogP contribution in [0.15, 0.2) is 16.6 Å². The summed E-state index contributed by atoms with van der Waals surface area (Å²) in [5.74, 6) is 2.26. The number of ether oxygens (including phenoxy) is 2. The van der Waals surface area contributed by atoms with Gasteiger partial charge >= 0.3 is 0 Å². The Hall–Kier alpha value is -1.23. The first-order valence-electron chi connectivity index (χ1n) is 8.94. The van der Waals surface area contributed by atoms with Crippen LogP contribution in [-0.2, 0) is 11.2 Å². The predicted molar refractivity (Wildman–Crippen MR) is 99.8 cm³/mol. The number of halogens is 1. The van der Waals surface area contributed by atoms with Gasteiger partial charge in [-0.3, -0.25) is 4.79 Å². The molecule has 1 heterocycles. The molecule has 0 aromatic heterocycles. The Morgan fingerprint density at radius 2 is 1.88 bits per heavy atom. The van der Waals surface area contributed by atoms with Crippen LogP contribution in [0.1, 0.15) is 45.6 Å². The van der Waals surface area contributed by atoms with Gasteiger partial charge in [-0.1, -0.05) is 29.3 Å². The van der Waals surface area contributed by atoms with E-state index in [0.29, 0.717) is 37.1 Å². The van der Waals surface area contributed by atoms with Crippen LogP contribution < -0.4 is 9.47 Å². The fourth-order valence-electron chi connectivity index (χ4n) is 3.15. The minimum atomic E-state index is 0.195. The zero-order valence-corrected chi connectivity index (χ0v) is 16.5. The molecule has 0 bridgehead atoms. The number of hydrogen-bond acceptors (Lipinski definition) is 3. The molecule has 24 heavy (non-hydrogen) atoms. The summed E-state index contributed by atoms with van der Waals surface area (Å²) >= 11 is 3.57. The van der Waals surface area contributed by atoms with E-state index in [1.165, 1.54) is 6.42 Å². The van der Waals surface area contributed by atoms with Crippen LogP contribution in [0.25, 0.3) is 0 Å². The van der Waals surface area contributed by atoms with Gasteiger partial charge in [0.25, 0.3) is 0 Å². The van der Waals surface area contributed by atoms with Crippen LogP contribution in [0.3, 0.4) is 0 Å². The molecule has 134 valence electrons. The van der Waals surface area contributed by atoms with Gasteiger partial charge in [0.2, 0.25) is 5.91 Å². The molecule has 1 saturated heterocycles. The molecule has 1 aromatic rings. The van der Waals surface area contributed by atoms with Crippen molar-refractivity contribution < 1.29 is 14.3 Å². The smallest absolute Gasteiger partial charge is 0.227 e. The van der Waals surface area contributed by atoms with Crippen molar-refractivity contribution in [1.29, 1.82) is 0 Å². The number of benzene rings is 1. The van der Waals surface area contributed by atoms with Gasteiger partial charge in [-0.15, -0.1) is 0 Å². The molecule has 5 heteroatoms. The minimum Gasteiger partial charge on any atom is -0.490 e. The summed E-state index contributed by atoms with van der Waals surface area (Å²) in [5, 5.41) is 0. The number of carbonyl (C=O) groups is 1.